The van der Waals surface area contributed by atoms with Gasteiger partial charge in [-0.25, -0.2) is 15.0 Å². The standard InChI is InChI=1S/C24H33N7O2/c1-3-19-23(28-15-4-5-17(32)10-15)30-20-18(12-26-22(25)21(20)29-19)14-11-27-31(13-14)16-6-8-24(2,33)9-7-16/h11-13,15-17,32-33H,3-10H2,1-2H3,(H2,25,26)(H,28,30)/t15-,16-,17+,24-/m1/s1. The van der Waals surface area contributed by atoms with Crippen LogP contribution < -0.4 is 11.1 Å². The third kappa shape index (κ3) is 4.39. The quantitative estimate of drug-likeness (QED) is 0.464. The summed E-state index contributed by atoms with van der Waals surface area (Å²) >= 11 is 0. The second-order valence-electron chi connectivity index (χ2n) is 9.87. The van der Waals surface area contributed by atoms with Crippen molar-refractivity contribution in [3.05, 3.63) is 24.3 Å². The van der Waals surface area contributed by atoms with Gasteiger partial charge in [-0.05, 0) is 58.3 Å². The lowest BCUT2D eigenvalue weighted by atomic mass is 9.84. The zero-order valence-electron chi connectivity index (χ0n) is 19.3. The number of fused-ring (bicyclic) bond motifs is 1. The Kier molecular flexibility index (Phi) is 5.70. The number of aliphatic hydroxyl groups excluding tert-OH is 1. The molecule has 2 saturated carbocycles. The van der Waals surface area contributed by atoms with Gasteiger partial charge in [0.1, 0.15) is 16.9 Å². The monoisotopic (exact) mass is 451 g/mol. The summed E-state index contributed by atoms with van der Waals surface area (Å²) in [6.07, 6.45) is 11.9. The lowest BCUT2D eigenvalue weighted by molar-refractivity contribution is 0.00852. The first-order valence-corrected chi connectivity index (χ1v) is 12.0. The van der Waals surface area contributed by atoms with Crippen LogP contribution in [-0.4, -0.2) is 52.7 Å². The minimum absolute atomic E-state index is 0.186. The predicted octanol–water partition coefficient (Wildman–Crippen LogP) is 3.22. The number of nitrogens with one attached hydrogen (secondary N) is 1. The van der Waals surface area contributed by atoms with E-state index < -0.39 is 5.60 Å². The molecule has 0 radical (unpaired) electrons. The first-order valence-electron chi connectivity index (χ1n) is 12.0. The van der Waals surface area contributed by atoms with Crippen LogP contribution in [0.1, 0.15) is 70.5 Å². The summed E-state index contributed by atoms with van der Waals surface area (Å²) in [6.45, 7) is 3.95. The normalized spacial score (nSPS) is 27.8. The molecule has 2 fully saturated rings. The van der Waals surface area contributed by atoms with Crippen molar-refractivity contribution in [3.8, 4) is 11.1 Å². The molecule has 3 heterocycles. The third-order valence-corrected chi connectivity index (χ3v) is 7.20. The summed E-state index contributed by atoms with van der Waals surface area (Å²) in [4.78, 5) is 14.2. The van der Waals surface area contributed by atoms with Crippen LogP contribution in [-0.2, 0) is 6.42 Å². The van der Waals surface area contributed by atoms with E-state index >= 15 is 0 Å². The van der Waals surface area contributed by atoms with E-state index in [1.165, 1.54) is 0 Å². The lowest BCUT2D eigenvalue weighted by Gasteiger charge is -2.33. The van der Waals surface area contributed by atoms with Gasteiger partial charge >= 0.3 is 0 Å². The van der Waals surface area contributed by atoms with Gasteiger partial charge in [-0.2, -0.15) is 5.10 Å². The molecule has 9 heteroatoms. The smallest absolute Gasteiger partial charge is 0.151 e. The Balaban J connectivity index is 1.50. The minimum atomic E-state index is -0.575. The van der Waals surface area contributed by atoms with Gasteiger partial charge in [0.2, 0.25) is 0 Å². The van der Waals surface area contributed by atoms with Gasteiger partial charge in [0, 0.05) is 29.6 Å². The van der Waals surface area contributed by atoms with Crippen molar-refractivity contribution in [1.82, 2.24) is 24.7 Å². The Labute approximate surface area is 193 Å². The molecule has 5 N–H and O–H groups in total. The second-order valence-corrected chi connectivity index (χ2v) is 9.87. The molecule has 0 saturated heterocycles. The largest absolute Gasteiger partial charge is 0.393 e. The van der Waals surface area contributed by atoms with Crippen molar-refractivity contribution in [2.75, 3.05) is 11.1 Å². The number of nitrogens with zero attached hydrogens (tertiary/aromatic N) is 5. The average molecular weight is 452 g/mol. The van der Waals surface area contributed by atoms with Crippen molar-refractivity contribution in [3.63, 3.8) is 0 Å². The fourth-order valence-corrected chi connectivity index (χ4v) is 5.11. The van der Waals surface area contributed by atoms with Crippen LogP contribution in [0.15, 0.2) is 18.6 Å². The number of aryl methyl sites for hydroxylation is 1. The van der Waals surface area contributed by atoms with Gasteiger partial charge in [-0.1, -0.05) is 6.92 Å². The van der Waals surface area contributed by atoms with E-state index in [0.717, 1.165) is 67.6 Å². The molecule has 3 aromatic rings. The molecule has 9 nitrogen and oxygen atoms in total. The van der Waals surface area contributed by atoms with Crippen molar-refractivity contribution >= 4 is 22.7 Å². The summed E-state index contributed by atoms with van der Waals surface area (Å²) in [5, 5.41) is 28.3. The predicted molar refractivity (Wildman–Crippen MR) is 128 cm³/mol. The van der Waals surface area contributed by atoms with Gasteiger partial charge in [0.15, 0.2) is 5.82 Å². The van der Waals surface area contributed by atoms with Crippen LogP contribution in [0.25, 0.3) is 22.2 Å². The van der Waals surface area contributed by atoms with E-state index in [2.05, 4.69) is 15.4 Å². The van der Waals surface area contributed by atoms with Crippen LogP contribution in [0.2, 0.25) is 0 Å². The van der Waals surface area contributed by atoms with Crippen LogP contribution in [0.4, 0.5) is 11.6 Å². The molecule has 0 aliphatic heterocycles. The Morgan fingerprint density at radius 1 is 1.15 bits per heavy atom. The van der Waals surface area contributed by atoms with Crippen LogP contribution in [0.5, 0.6) is 0 Å². The van der Waals surface area contributed by atoms with Gasteiger partial charge in [-0.3, -0.25) is 4.68 Å². The highest BCUT2D eigenvalue weighted by Crippen LogP contribution is 2.36. The fraction of sp³-hybridized carbons (Fsp3) is 0.583. The van der Waals surface area contributed by atoms with Crippen molar-refractivity contribution in [2.24, 2.45) is 0 Å². The Morgan fingerprint density at radius 3 is 2.64 bits per heavy atom. The first kappa shape index (κ1) is 22.0. The van der Waals surface area contributed by atoms with E-state index in [0.29, 0.717) is 23.3 Å². The SMILES string of the molecule is CCc1nc2c(N)ncc(-c3cnn([C@H]4CC[C@](C)(O)CC4)c3)c2nc1N[C@@H]1CC[C@H](O)C1. The number of anilines is 2. The van der Waals surface area contributed by atoms with Gasteiger partial charge in [-0.15, -0.1) is 0 Å². The topological polar surface area (TPSA) is 135 Å². The van der Waals surface area contributed by atoms with E-state index in [1.807, 2.05) is 30.9 Å². The number of pyridine rings is 1. The van der Waals surface area contributed by atoms with Crippen LogP contribution >= 0.6 is 0 Å². The highest BCUT2D eigenvalue weighted by molar-refractivity contribution is 5.96. The number of aromatic nitrogens is 5. The molecule has 0 aromatic carbocycles. The zero-order valence-corrected chi connectivity index (χ0v) is 19.3. The molecule has 0 amide bonds. The number of nitrogen functional groups attached to an aromatic ring is 1. The second kappa shape index (κ2) is 8.53. The van der Waals surface area contributed by atoms with Crippen molar-refractivity contribution in [2.45, 2.75) is 89.0 Å². The Bertz CT molecular complexity index is 1150. The molecule has 5 rings (SSSR count). The Morgan fingerprint density at radius 2 is 1.94 bits per heavy atom. The van der Waals surface area contributed by atoms with E-state index in [9.17, 15) is 10.2 Å². The van der Waals surface area contributed by atoms with E-state index in [4.69, 9.17) is 15.7 Å². The summed E-state index contributed by atoms with van der Waals surface area (Å²) < 4.78 is 2.00. The highest BCUT2D eigenvalue weighted by atomic mass is 16.3. The number of nitrogens with two attached hydrogens (primary N) is 1. The van der Waals surface area contributed by atoms with E-state index in [1.54, 1.807) is 6.20 Å². The Hall–Kier alpha value is -2.78. The molecule has 2 aliphatic rings. The molecule has 0 spiro atoms. The summed E-state index contributed by atoms with van der Waals surface area (Å²) in [7, 11) is 0. The number of rotatable bonds is 5. The summed E-state index contributed by atoms with van der Waals surface area (Å²) in [5.41, 5.74) is 9.53. The minimum Gasteiger partial charge on any atom is -0.393 e. The van der Waals surface area contributed by atoms with Gasteiger partial charge in [0.25, 0.3) is 0 Å². The summed E-state index contributed by atoms with van der Waals surface area (Å²) in [6, 6.07) is 0.460. The molecule has 33 heavy (non-hydrogen) atoms. The molecular formula is C24H33N7O2. The number of aliphatic hydroxyl groups is 2. The third-order valence-electron chi connectivity index (χ3n) is 7.20. The maximum Gasteiger partial charge on any atom is 0.151 e. The first-order chi connectivity index (χ1) is 15.8. The number of hydrogen-bond acceptors (Lipinski definition) is 8. The zero-order chi connectivity index (χ0) is 23.2. The van der Waals surface area contributed by atoms with Crippen molar-refractivity contribution in [1.29, 1.82) is 0 Å². The molecule has 3 aromatic heterocycles. The maximum atomic E-state index is 10.3. The fourth-order valence-electron chi connectivity index (χ4n) is 5.11. The molecule has 0 bridgehead atoms. The average Bonchev–Trinajstić information content (AvgIpc) is 3.43. The van der Waals surface area contributed by atoms with E-state index in [-0.39, 0.29) is 18.2 Å². The molecule has 176 valence electrons. The molecule has 0 unspecified atom stereocenters. The van der Waals surface area contributed by atoms with Crippen molar-refractivity contribution < 1.29 is 10.2 Å². The van der Waals surface area contributed by atoms with Gasteiger partial charge < -0.3 is 21.3 Å². The molecular weight excluding hydrogens is 418 g/mol. The van der Waals surface area contributed by atoms with Crippen LogP contribution in [0.3, 0.4) is 0 Å². The highest BCUT2D eigenvalue weighted by Gasteiger charge is 2.30. The summed E-state index contributed by atoms with van der Waals surface area (Å²) in [5.74, 6) is 1.11. The van der Waals surface area contributed by atoms with Gasteiger partial charge in [0.05, 0.1) is 29.6 Å². The molecule has 2 aliphatic carbocycles. The molecule has 2 atom stereocenters. The maximum absolute atomic E-state index is 10.3. The lowest BCUT2D eigenvalue weighted by Crippen LogP contribution is -2.31. The van der Waals surface area contributed by atoms with Crippen LogP contribution in [0, 0.1) is 0 Å². The number of hydrogen-bond donors (Lipinski definition) is 4.